The highest BCUT2D eigenvalue weighted by molar-refractivity contribution is 7.21. The fourth-order valence-electron chi connectivity index (χ4n) is 2.94. The van der Waals surface area contributed by atoms with E-state index < -0.39 is 0 Å². The maximum absolute atomic E-state index is 13.9. The van der Waals surface area contributed by atoms with Crippen molar-refractivity contribution in [3.8, 4) is 0 Å². The lowest BCUT2D eigenvalue weighted by molar-refractivity contribution is 0.0745. The zero-order valence-corrected chi connectivity index (χ0v) is 12.2. The number of thiophene rings is 1. The Kier molecular flexibility index (Phi) is 3.48. The Bertz CT molecular complexity index is 667. The molecule has 1 unspecified atom stereocenters. The molecule has 1 fully saturated rings. The van der Waals surface area contributed by atoms with Crippen LogP contribution in [0.5, 0.6) is 0 Å². The van der Waals surface area contributed by atoms with Gasteiger partial charge in [0.1, 0.15) is 5.82 Å². The summed E-state index contributed by atoms with van der Waals surface area (Å²) < 4.78 is 14.7. The van der Waals surface area contributed by atoms with Gasteiger partial charge in [-0.2, -0.15) is 0 Å². The molecule has 20 heavy (non-hydrogen) atoms. The molecule has 0 radical (unpaired) electrons. The van der Waals surface area contributed by atoms with Crippen LogP contribution in [-0.2, 0) is 0 Å². The molecule has 1 aliphatic heterocycles. The van der Waals surface area contributed by atoms with Crippen LogP contribution in [0.2, 0.25) is 0 Å². The number of likely N-dealkylation sites (tertiary alicyclic amines) is 1. The van der Waals surface area contributed by atoms with E-state index in [1.807, 2.05) is 17.9 Å². The molecule has 2 N–H and O–H groups in total. The van der Waals surface area contributed by atoms with Crippen LogP contribution in [-0.4, -0.2) is 29.9 Å². The summed E-state index contributed by atoms with van der Waals surface area (Å²) in [6, 6.07) is 5.10. The van der Waals surface area contributed by atoms with Crippen molar-refractivity contribution in [1.82, 2.24) is 4.90 Å². The molecule has 1 aromatic carbocycles. The van der Waals surface area contributed by atoms with Gasteiger partial charge in [0, 0.05) is 29.2 Å². The van der Waals surface area contributed by atoms with Crippen molar-refractivity contribution in [3.05, 3.63) is 34.5 Å². The Morgan fingerprint density at radius 1 is 1.55 bits per heavy atom. The topological polar surface area (TPSA) is 46.3 Å². The number of carbonyl (C=O) groups excluding carboxylic acids is 1. The third kappa shape index (κ3) is 2.01. The first-order chi connectivity index (χ1) is 9.63. The Labute approximate surface area is 121 Å². The Balaban J connectivity index is 2.04. The molecule has 0 bridgehead atoms. The minimum atomic E-state index is -0.257. The molecule has 1 saturated heterocycles. The van der Waals surface area contributed by atoms with Crippen molar-refractivity contribution in [3.63, 3.8) is 0 Å². The van der Waals surface area contributed by atoms with Crippen LogP contribution in [0, 0.1) is 12.7 Å². The van der Waals surface area contributed by atoms with Gasteiger partial charge in [0.2, 0.25) is 0 Å². The van der Waals surface area contributed by atoms with Crippen LogP contribution in [0.25, 0.3) is 10.1 Å². The molecule has 1 aromatic heterocycles. The fourth-order valence-corrected chi connectivity index (χ4v) is 4.11. The fraction of sp³-hybridized carbons (Fsp3) is 0.400. The van der Waals surface area contributed by atoms with Crippen LogP contribution in [0.15, 0.2) is 18.2 Å². The number of nitrogens with two attached hydrogens (primary N) is 1. The maximum atomic E-state index is 13.9. The van der Waals surface area contributed by atoms with Gasteiger partial charge in [0.15, 0.2) is 0 Å². The van der Waals surface area contributed by atoms with Gasteiger partial charge in [-0.05, 0) is 37.5 Å². The highest BCUT2D eigenvalue weighted by Crippen LogP contribution is 2.34. The zero-order valence-electron chi connectivity index (χ0n) is 11.4. The number of nitrogens with zero attached hydrogens (tertiary/aromatic N) is 1. The van der Waals surface area contributed by atoms with E-state index in [-0.39, 0.29) is 17.8 Å². The predicted octanol–water partition coefficient (Wildman–Crippen LogP) is 2.91. The third-order valence-corrected chi connectivity index (χ3v) is 5.25. The van der Waals surface area contributed by atoms with Crippen LogP contribution in [0.3, 0.4) is 0 Å². The molecule has 1 amide bonds. The summed E-state index contributed by atoms with van der Waals surface area (Å²) >= 11 is 1.37. The molecule has 106 valence electrons. The van der Waals surface area contributed by atoms with Crippen LogP contribution in [0.4, 0.5) is 4.39 Å². The summed E-state index contributed by atoms with van der Waals surface area (Å²) in [6.45, 7) is 3.06. The maximum Gasteiger partial charge on any atom is 0.264 e. The molecular formula is C15H17FN2OS. The minimum Gasteiger partial charge on any atom is -0.334 e. The van der Waals surface area contributed by atoms with Crippen LogP contribution >= 0.6 is 11.3 Å². The second-order valence-corrected chi connectivity index (χ2v) is 6.25. The summed E-state index contributed by atoms with van der Waals surface area (Å²) in [6.07, 6.45) is 1.95. The molecule has 2 aromatic rings. The number of hydrogen-bond acceptors (Lipinski definition) is 3. The van der Waals surface area contributed by atoms with Crippen molar-refractivity contribution in [2.75, 3.05) is 13.1 Å². The Morgan fingerprint density at radius 3 is 3.05 bits per heavy atom. The lowest BCUT2D eigenvalue weighted by Crippen LogP contribution is -2.39. The second kappa shape index (κ2) is 5.14. The summed E-state index contributed by atoms with van der Waals surface area (Å²) in [5.41, 5.74) is 6.47. The molecule has 5 heteroatoms. The summed E-state index contributed by atoms with van der Waals surface area (Å²) in [5, 5.41) is 0.573. The van der Waals surface area contributed by atoms with Gasteiger partial charge >= 0.3 is 0 Å². The number of amides is 1. The molecule has 1 atom stereocenters. The van der Waals surface area contributed by atoms with E-state index in [2.05, 4.69) is 0 Å². The summed E-state index contributed by atoms with van der Waals surface area (Å²) in [4.78, 5) is 15.2. The van der Waals surface area contributed by atoms with Crippen molar-refractivity contribution < 1.29 is 9.18 Å². The first-order valence-corrected chi connectivity index (χ1v) is 7.63. The normalized spacial score (nSPS) is 18.9. The van der Waals surface area contributed by atoms with Crippen LogP contribution < -0.4 is 5.73 Å². The number of hydrogen-bond donors (Lipinski definition) is 1. The first kappa shape index (κ1) is 13.5. The molecule has 3 nitrogen and oxygen atoms in total. The predicted molar refractivity (Wildman–Crippen MR) is 79.6 cm³/mol. The van der Waals surface area contributed by atoms with E-state index in [0.29, 0.717) is 16.8 Å². The number of fused-ring (bicyclic) bond motifs is 1. The summed E-state index contributed by atoms with van der Waals surface area (Å²) in [5.74, 6) is -0.261. The van der Waals surface area contributed by atoms with E-state index in [1.165, 1.54) is 17.4 Å². The molecule has 0 spiro atoms. The summed E-state index contributed by atoms with van der Waals surface area (Å²) in [7, 11) is 0. The molecule has 0 saturated carbocycles. The van der Waals surface area contributed by atoms with Gasteiger partial charge in [0.25, 0.3) is 5.91 Å². The first-order valence-electron chi connectivity index (χ1n) is 6.82. The van der Waals surface area contributed by atoms with Crippen molar-refractivity contribution in [2.45, 2.75) is 25.8 Å². The standard InChI is InChI=1S/C15H17FN2OS/c1-9-13-11(16)5-2-6-12(13)20-14(9)15(19)18-7-3-4-10(18)8-17/h2,5-6,10H,3-4,7-8,17H2,1H3. The van der Waals surface area contributed by atoms with E-state index in [4.69, 9.17) is 5.73 Å². The SMILES string of the molecule is Cc1c(C(=O)N2CCCC2CN)sc2cccc(F)c12. The number of aryl methyl sites for hydroxylation is 1. The largest absolute Gasteiger partial charge is 0.334 e. The lowest BCUT2D eigenvalue weighted by Gasteiger charge is -2.23. The van der Waals surface area contributed by atoms with Crippen molar-refractivity contribution in [1.29, 1.82) is 0 Å². The van der Waals surface area contributed by atoms with Gasteiger partial charge in [-0.1, -0.05) is 6.07 Å². The molecule has 2 heterocycles. The molecule has 0 aliphatic carbocycles. The van der Waals surface area contributed by atoms with Crippen molar-refractivity contribution >= 4 is 27.3 Å². The van der Waals surface area contributed by atoms with Gasteiger partial charge in [-0.3, -0.25) is 4.79 Å². The molecule has 1 aliphatic rings. The van der Waals surface area contributed by atoms with Gasteiger partial charge in [0.05, 0.1) is 4.88 Å². The minimum absolute atomic E-state index is 0.00366. The van der Waals surface area contributed by atoms with Gasteiger partial charge < -0.3 is 10.6 Å². The van der Waals surface area contributed by atoms with Crippen molar-refractivity contribution in [2.24, 2.45) is 5.73 Å². The number of halogens is 1. The molecular weight excluding hydrogens is 275 g/mol. The number of carbonyl (C=O) groups is 1. The average molecular weight is 292 g/mol. The quantitative estimate of drug-likeness (QED) is 0.925. The van der Waals surface area contributed by atoms with E-state index in [0.717, 1.165) is 29.6 Å². The van der Waals surface area contributed by atoms with E-state index in [1.54, 1.807) is 6.07 Å². The molecule has 3 rings (SSSR count). The Hall–Kier alpha value is -1.46. The van der Waals surface area contributed by atoms with Gasteiger partial charge in [-0.15, -0.1) is 11.3 Å². The Morgan fingerprint density at radius 2 is 2.35 bits per heavy atom. The van der Waals surface area contributed by atoms with E-state index in [9.17, 15) is 9.18 Å². The number of benzene rings is 1. The van der Waals surface area contributed by atoms with Gasteiger partial charge in [-0.25, -0.2) is 4.39 Å². The van der Waals surface area contributed by atoms with E-state index >= 15 is 0 Å². The monoisotopic (exact) mass is 292 g/mol. The average Bonchev–Trinajstić information content (AvgIpc) is 3.03. The highest BCUT2D eigenvalue weighted by atomic mass is 32.1. The van der Waals surface area contributed by atoms with Crippen LogP contribution in [0.1, 0.15) is 28.1 Å². The smallest absolute Gasteiger partial charge is 0.264 e. The number of rotatable bonds is 2. The third-order valence-electron chi connectivity index (χ3n) is 4.01. The second-order valence-electron chi connectivity index (χ2n) is 5.20. The lowest BCUT2D eigenvalue weighted by atomic mass is 10.1. The highest BCUT2D eigenvalue weighted by Gasteiger charge is 2.30. The zero-order chi connectivity index (χ0) is 14.3.